The molecule has 1 aromatic carbocycles. The van der Waals surface area contributed by atoms with Crippen LogP contribution < -0.4 is 5.32 Å². The summed E-state index contributed by atoms with van der Waals surface area (Å²) in [7, 11) is 0. The summed E-state index contributed by atoms with van der Waals surface area (Å²) in [6, 6.07) is 9.60. The Hall–Kier alpha value is -1.33. The monoisotopic (exact) mass is 288 g/mol. The first-order chi connectivity index (χ1) is 9.83. The number of aromatic nitrogens is 3. The molecule has 2 aromatic rings. The maximum Gasteiger partial charge on any atom is 0.138 e. The molecule has 20 heavy (non-hydrogen) atoms. The van der Waals surface area contributed by atoms with Gasteiger partial charge in [-0.3, -0.25) is 0 Å². The minimum atomic E-state index is 0.396. The van der Waals surface area contributed by atoms with E-state index in [4.69, 9.17) is 0 Å². The average Bonchev–Trinajstić information content (AvgIpc) is 3.03. The van der Waals surface area contributed by atoms with Crippen LogP contribution in [-0.2, 0) is 0 Å². The van der Waals surface area contributed by atoms with E-state index in [1.165, 1.54) is 29.9 Å². The molecule has 0 radical (unpaired) electrons. The van der Waals surface area contributed by atoms with Crippen LogP contribution in [0.4, 0.5) is 0 Å². The minimum absolute atomic E-state index is 0.396. The molecule has 1 unspecified atom stereocenters. The zero-order valence-electron chi connectivity index (χ0n) is 11.7. The smallest absolute Gasteiger partial charge is 0.138 e. The Labute approximate surface area is 124 Å². The average molecular weight is 288 g/mol. The largest absolute Gasteiger partial charge is 0.307 e. The number of hydrogen-bond donors (Lipinski definition) is 1. The van der Waals surface area contributed by atoms with Crippen LogP contribution in [0.2, 0.25) is 0 Å². The third kappa shape index (κ3) is 3.22. The van der Waals surface area contributed by atoms with Crippen molar-refractivity contribution in [3.05, 3.63) is 42.5 Å². The second-order valence-electron chi connectivity index (χ2n) is 5.21. The Morgan fingerprint density at radius 2 is 2.00 bits per heavy atom. The van der Waals surface area contributed by atoms with Crippen LogP contribution >= 0.6 is 11.8 Å². The van der Waals surface area contributed by atoms with Crippen molar-refractivity contribution in [1.29, 1.82) is 0 Å². The zero-order chi connectivity index (χ0) is 13.8. The number of thioether (sulfide) groups is 1. The molecule has 2 heterocycles. The van der Waals surface area contributed by atoms with Gasteiger partial charge < -0.3 is 5.32 Å². The SMILES string of the molecule is CC(NC1CCSCC1)c1ccc(-n2cncn2)cc1. The van der Waals surface area contributed by atoms with Crippen molar-refractivity contribution in [3.63, 3.8) is 0 Å². The van der Waals surface area contributed by atoms with Gasteiger partial charge in [-0.15, -0.1) is 0 Å². The highest BCUT2D eigenvalue weighted by atomic mass is 32.2. The second-order valence-corrected chi connectivity index (χ2v) is 6.43. The molecule has 0 spiro atoms. The van der Waals surface area contributed by atoms with E-state index in [1.54, 1.807) is 17.3 Å². The van der Waals surface area contributed by atoms with Crippen LogP contribution in [0.1, 0.15) is 31.4 Å². The van der Waals surface area contributed by atoms with E-state index in [9.17, 15) is 0 Å². The molecule has 0 aliphatic carbocycles. The lowest BCUT2D eigenvalue weighted by atomic mass is 10.0. The van der Waals surface area contributed by atoms with Gasteiger partial charge in [0.05, 0.1) is 5.69 Å². The Bertz CT molecular complexity index is 517. The first-order valence-corrected chi connectivity index (χ1v) is 8.27. The molecular weight excluding hydrogens is 268 g/mol. The Kier molecular flexibility index (Phi) is 4.38. The fourth-order valence-corrected chi connectivity index (χ4v) is 3.68. The van der Waals surface area contributed by atoms with E-state index >= 15 is 0 Å². The van der Waals surface area contributed by atoms with Gasteiger partial charge in [0.1, 0.15) is 12.7 Å². The number of nitrogens with one attached hydrogen (secondary N) is 1. The molecule has 1 N–H and O–H groups in total. The van der Waals surface area contributed by atoms with E-state index in [0.29, 0.717) is 12.1 Å². The maximum absolute atomic E-state index is 4.14. The van der Waals surface area contributed by atoms with E-state index in [2.05, 4.69) is 58.4 Å². The van der Waals surface area contributed by atoms with E-state index in [1.807, 2.05) is 0 Å². The van der Waals surface area contributed by atoms with Crippen molar-refractivity contribution in [2.75, 3.05) is 11.5 Å². The number of benzene rings is 1. The van der Waals surface area contributed by atoms with Crippen molar-refractivity contribution >= 4 is 11.8 Å². The van der Waals surface area contributed by atoms with Crippen LogP contribution in [0.15, 0.2) is 36.9 Å². The summed E-state index contributed by atoms with van der Waals surface area (Å²) in [5.41, 5.74) is 2.37. The van der Waals surface area contributed by atoms with Gasteiger partial charge in [-0.2, -0.15) is 16.9 Å². The molecule has 1 aliphatic heterocycles. The molecule has 1 saturated heterocycles. The lowest BCUT2D eigenvalue weighted by Crippen LogP contribution is -2.34. The van der Waals surface area contributed by atoms with E-state index < -0.39 is 0 Å². The Balaban J connectivity index is 1.64. The third-order valence-electron chi connectivity index (χ3n) is 3.78. The number of hydrogen-bond acceptors (Lipinski definition) is 4. The highest BCUT2D eigenvalue weighted by Gasteiger charge is 2.16. The molecule has 0 bridgehead atoms. The predicted molar refractivity (Wildman–Crippen MR) is 83.3 cm³/mol. The fourth-order valence-electron chi connectivity index (χ4n) is 2.57. The topological polar surface area (TPSA) is 42.7 Å². The molecule has 1 fully saturated rings. The van der Waals surface area contributed by atoms with Gasteiger partial charge in [-0.1, -0.05) is 12.1 Å². The molecule has 4 nitrogen and oxygen atoms in total. The highest BCUT2D eigenvalue weighted by Crippen LogP contribution is 2.21. The standard InChI is InChI=1S/C15H20N4S/c1-12(18-14-6-8-20-9-7-14)13-2-4-15(5-3-13)19-11-16-10-17-19/h2-5,10-12,14,18H,6-9H2,1H3. The molecule has 1 aromatic heterocycles. The first kappa shape index (κ1) is 13.6. The summed E-state index contributed by atoms with van der Waals surface area (Å²) >= 11 is 2.07. The first-order valence-electron chi connectivity index (χ1n) is 7.11. The molecule has 3 rings (SSSR count). The molecule has 1 aliphatic rings. The Morgan fingerprint density at radius 3 is 2.65 bits per heavy atom. The van der Waals surface area contributed by atoms with Gasteiger partial charge in [0.25, 0.3) is 0 Å². The quantitative estimate of drug-likeness (QED) is 0.939. The summed E-state index contributed by atoms with van der Waals surface area (Å²) in [6.07, 6.45) is 5.84. The summed E-state index contributed by atoms with van der Waals surface area (Å²) in [5.74, 6) is 2.57. The van der Waals surface area contributed by atoms with Crippen molar-refractivity contribution < 1.29 is 0 Å². The lowest BCUT2D eigenvalue weighted by Gasteiger charge is -2.26. The number of rotatable bonds is 4. The third-order valence-corrected chi connectivity index (χ3v) is 4.83. The van der Waals surface area contributed by atoms with Crippen molar-refractivity contribution in [3.8, 4) is 5.69 Å². The van der Waals surface area contributed by atoms with Crippen molar-refractivity contribution in [1.82, 2.24) is 20.1 Å². The number of nitrogens with zero attached hydrogens (tertiary/aromatic N) is 3. The van der Waals surface area contributed by atoms with Gasteiger partial charge in [-0.25, -0.2) is 9.67 Å². The molecule has 0 saturated carbocycles. The molecule has 5 heteroatoms. The second kappa shape index (κ2) is 6.41. The molecule has 0 amide bonds. The predicted octanol–water partition coefficient (Wildman–Crippen LogP) is 2.81. The van der Waals surface area contributed by atoms with Crippen LogP contribution in [0, 0.1) is 0 Å². The normalized spacial score (nSPS) is 18.1. The summed E-state index contributed by atoms with van der Waals surface area (Å²) in [5, 5.41) is 7.88. The van der Waals surface area contributed by atoms with Crippen molar-refractivity contribution in [2.24, 2.45) is 0 Å². The van der Waals surface area contributed by atoms with E-state index in [-0.39, 0.29) is 0 Å². The van der Waals surface area contributed by atoms with Gasteiger partial charge in [0.15, 0.2) is 0 Å². The maximum atomic E-state index is 4.14. The zero-order valence-corrected chi connectivity index (χ0v) is 12.5. The van der Waals surface area contributed by atoms with Gasteiger partial charge >= 0.3 is 0 Å². The van der Waals surface area contributed by atoms with Crippen LogP contribution in [0.5, 0.6) is 0 Å². The van der Waals surface area contributed by atoms with Gasteiger partial charge in [0, 0.05) is 12.1 Å². The summed E-state index contributed by atoms with van der Waals surface area (Å²) < 4.78 is 1.78. The van der Waals surface area contributed by atoms with Gasteiger partial charge in [0.2, 0.25) is 0 Å². The van der Waals surface area contributed by atoms with Crippen LogP contribution in [-0.4, -0.2) is 32.3 Å². The summed E-state index contributed by atoms with van der Waals surface area (Å²) in [6.45, 7) is 2.24. The molecular formula is C15H20N4S. The lowest BCUT2D eigenvalue weighted by molar-refractivity contribution is 0.431. The van der Waals surface area contributed by atoms with Crippen LogP contribution in [0.3, 0.4) is 0 Å². The highest BCUT2D eigenvalue weighted by molar-refractivity contribution is 7.99. The van der Waals surface area contributed by atoms with E-state index in [0.717, 1.165) is 5.69 Å². The fraction of sp³-hybridized carbons (Fsp3) is 0.467. The van der Waals surface area contributed by atoms with Crippen LogP contribution in [0.25, 0.3) is 5.69 Å². The van der Waals surface area contributed by atoms with Gasteiger partial charge in [-0.05, 0) is 49.0 Å². The molecule has 1 atom stereocenters. The summed E-state index contributed by atoms with van der Waals surface area (Å²) in [4.78, 5) is 3.97. The Morgan fingerprint density at radius 1 is 1.25 bits per heavy atom. The minimum Gasteiger partial charge on any atom is -0.307 e. The molecule has 106 valence electrons. The van der Waals surface area contributed by atoms with Crippen molar-refractivity contribution in [2.45, 2.75) is 31.8 Å².